The van der Waals surface area contributed by atoms with E-state index in [1.807, 2.05) is 19.1 Å². The van der Waals surface area contributed by atoms with Crippen molar-refractivity contribution in [1.29, 1.82) is 0 Å². The van der Waals surface area contributed by atoms with Gasteiger partial charge in [-0.25, -0.2) is 4.98 Å². The predicted octanol–water partition coefficient (Wildman–Crippen LogP) is 3.76. The highest BCUT2D eigenvalue weighted by atomic mass is 32.1. The van der Waals surface area contributed by atoms with Crippen molar-refractivity contribution >= 4 is 11.3 Å². The minimum atomic E-state index is 0.196. The number of hydrogen-bond donors (Lipinski definition) is 1. The van der Waals surface area contributed by atoms with Gasteiger partial charge in [0.25, 0.3) is 0 Å². The molecule has 0 radical (unpaired) electrons. The molecular formula is C13H18N2OS. The lowest BCUT2D eigenvalue weighted by atomic mass is 10.1. The molecule has 0 aromatic carbocycles. The second-order valence-electron chi connectivity index (χ2n) is 4.30. The zero-order valence-electron chi connectivity index (χ0n) is 10.7. The fourth-order valence-electron chi connectivity index (χ4n) is 2.02. The smallest absolute Gasteiger partial charge is 0.120 e. The second kappa shape index (κ2) is 5.02. The van der Waals surface area contributed by atoms with Crippen molar-refractivity contribution in [3.8, 4) is 0 Å². The molecule has 17 heavy (non-hydrogen) atoms. The fourth-order valence-corrected chi connectivity index (χ4v) is 2.93. The molecular weight excluding hydrogens is 232 g/mol. The van der Waals surface area contributed by atoms with Crippen LogP contribution < -0.4 is 5.32 Å². The van der Waals surface area contributed by atoms with Crippen LogP contribution in [0.15, 0.2) is 22.8 Å². The standard InChI is InChI=1S/C13H18N2OS/c1-8(12-6-5-7-16-12)14-9(2)13-10(3)17-11(4)15-13/h5-9,14H,1-4H3. The van der Waals surface area contributed by atoms with E-state index in [1.54, 1.807) is 17.6 Å². The Kier molecular flexibility index (Phi) is 3.64. The van der Waals surface area contributed by atoms with Crippen LogP contribution in [0.4, 0.5) is 0 Å². The molecule has 0 aliphatic rings. The molecule has 3 nitrogen and oxygen atoms in total. The average Bonchev–Trinajstić information content (AvgIpc) is 2.87. The van der Waals surface area contributed by atoms with E-state index >= 15 is 0 Å². The lowest BCUT2D eigenvalue weighted by Gasteiger charge is -2.17. The minimum Gasteiger partial charge on any atom is -0.468 e. The molecule has 0 aliphatic carbocycles. The topological polar surface area (TPSA) is 38.1 Å². The van der Waals surface area contributed by atoms with Gasteiger partial charge in [-0.3, -0.25) is 5.32 Å². The van der Waals surface area contributed by atoms with Gasteiger partial charge in [0.2, 0.25) is 0 Å². The van der Waals surface area contributed by atoms with Gasteiger partial charge in [-0.15, -0.1) is 11.3 Å². The van der Waals surface area contributed by atoms with Crippen molar-refractivity contribution in [1.82, 2.24) is 10.3 Å². The van der Waals surface area contributed by atoms with E-state index in [0.717, 1.165) is 16.5 Å². The molecule has 2 unspecified atom stereocenters. The van der Waals surface area contributed by atoms with Crippen LogP contribution in [0.2, 0.25) is 0 Å². The molecule has 1 N–H and O–H groups in total. The van der Waals surface area contributed by atoms with Crippen LogP contribution in [-0.4, -0.2) is 4.98 Å². The summed E-state index contributed by atoms with van der Waals surface area (Å²) in [6.45, 7) is 8.41. The lowest BCUT2D eigenvalue weighted by molar-refractivity contribution is 0.400. The van der Waals surface area contributed by atoms with Crippen LogP contribution >= 0.6 is 11.3 Å². The summed E-state index contributed by atoms with van der Waals surface area (Å²) in [5, 5.41) is 4.63. The van der Waals surface area contributed by atoms with Gasteiger partial charge in [0.1, 0.15) is 5.76 Å². The number of hydrogen-bond acceptors (Lipinski definition) is 4. The van der Waals surface area contributed by atoms with E-state index < -0.39 is 0 Å². The number of thiazole rings is 1. The van der Waals surface area contributed by atoms with Gasteiger partial charge in [0.05, 0.1) is 23.0 Å². The van der Waals surface area contributed by atoms with Crippen molar-refractivity contribution in [2.45, 2.75) is 39.8 Å². The summed E-state index contributed by atoms with van der Waals surface area (Å²) < 4.78 is 5.39. The van der Waals surface area contributed by atoms with Crippen LogP contribution in [-0.2, 0) is 0 Å². The third-order valence-corrected chi connectivity index (χ3v) is 3.72. The van der Waals surface area contributed by atoms with Gasteiger partial charge in [0, 0.05) is 10.9 Å². The van der Waals surface area contributed by atoms with Crippen LogP contribution in [0.1, 0.15) is 47.3 Å². The molecule has 2 atom stereocenters. The van der Waals surface area contributed by atoms with E-state index in [-0.39, 0.29) is 12.1 Å². The first-order valence-corrected chi connectivity index (χ1v) is 6.63. The maximum Gasteiger partial charge on any atom is 0.120 e. The molecule has 0 bridgehead atoms. The Bertz CT molecular complexity index is 476. The number of furan rings is 1. The molecule has 2 heterocycles. The largest absolute Gasteiger partial charge is 0.468 e. The first-order chi connectivity index (χ1) is 8.08. The molecule has 0 saturated heterocycles. The maximum atomic E-state index is 5.39. The molecule has 0 aliphatic heterocycles. The second-order valence-corrected chi connectivity index (χ2v) is 5.71. The molecule has 2 aromatic heterocycles. The van der Waals surface area contributed by atoms with Crippen LogP contribution in [0, 0.1) is 13.8 Å². The van der Waals surface area contributed by atoms with Gasteiger partial charge in [-0.1, -0.05) is 0 Å². The van der Waals surface area contributed by atoms with Gasteiger partial charge in [0.15, 0.2) is 0 Å². The highest BCUT2D eigenvalue weighted by Gasteiger charge is 2.17. The molecule has 0 fully saturated rings. The van der Waals surface area contributed by atoms with Gasteiger partial charge >= 0.3 is 0 Å². The minimum absolute atomic E-state index is 0.196. The Morgan fingerprint density at radius 2 is 2.06 bits per heavy atom. The van der Waals surface area contributed by atoms with Gasteiger partial charge < -0.3 is 4.42 Å². The predicted molar refractivity (Wildman–Crippen MR) is 70.3 cm³/mol. The molecule has 0 amide bonds. The van der Waals surface area contributed by atoms with E-state index in [1.165, 1.54) is 4.88 Å². The van der Waals surface area contributed by atoms with Crippen molar-refractivity contribution in [2.75, 3.05) is 0 Å². The number of aryl methyl sites for hydroxylation is 2. The summed E-state index contributed by atoms with van der Waals surface area (Å²) >= 11 is 1.75. The molecule has 0 saturated carbocycles. The molecule has 4 heteroatoms. The summed E-state index contributed by atoms with van der Waals surface area (Å²) in [4.78, 5) is 5.86. The van der Waals surface area contributed by atoms with Crippen molar-refractivity contribution < 1.29 is 4.42 Å². The zero-order valence-corrected chi connectivity index (χ0v) is 11.5. The molecule has 0 spiro atoms. The van der Waals surface area contributed by atoms with Crippen LogP contribution in [0.3, 0.4) is 0 Å². The quantitative estimate of drug-likeness (QED) is 0.897. The number of aromatic nitrogens is 1. The average molecular weight is 250 g/mol. The van der Waals surface area contributed by atoms with Gasteiger partial charge in [-0.05, 0) is 39.8 Å². The Morgan fingerprint density at radius 1 is 1.29 bits per heavy atom. The normalized spacial score (nSPS) is 14.8. The first kappa shape index (κ1) is 12.3. The van der Waals surface area contributed by atoms with Crippen LogP contribution in [0.25, 0.3) is 0 Å². The van der Waals surface area contributed by atoms with Crippen molar-refractivity contribution in [3.63, 3.8) is 0 Å². The number of nitrogens with one attached hydrogen (secondary N) is 1. The zero-order chi connectivity index (χ0) is 12.4. The number of rotatable bonds is 4. The molecule has 2 rings (SSSR count). The highest BCUT2D eigenvalue weighted by Crippen LogP contribution is 2.25. The first-order valence-electron chi connectivity index (χ1n) is 5.81. The van der Waals surface area contributed by atoms with E-state index in [0.29, 0.717) is 0 Å². The van der Waals surface area contributed by atoms with E-state index in [2.05, 4.69) is 31.1 Å². The summed E-state index contributed by atoms with van der Waals surface area (Å²) in [5.41, 5.74) is 1.14. The Morgan fingerprint density at radius 3 is 2.59 bits per heavy atom. The lowest BCUT2D eigenvalue weighted by Crippen LogP contribution is -2.22. The molecule has 92 valence electrons. The Hall–Kier alpha value is -1.13. The Labute approximate surface area is 106 Å². The van der Waals surface area contributed by atoms with Crippen molar-refractivity contribution in [3.05, 3.63) is 39.7 Å². The Balaban J connectivity index is 2.06. The van der Waals surface area contributed by atoms with Gasteiger partial charge in [-0.2, -0.15) is 0 Å². The van der Waals surface area contributed by atoms with Crippen LogP contribution in [0.5, 0.6) is 0 Å². The van der Waals surface area contributed by atoms with E-state index in [4.69, 9.17) is 4.42 Å². The summed E-state index contributed by atoms with van der Waals surface area (Å²) in [6.07, 6.45) is 1.70. The summed E-state index contributed by atoms with van der Waals surface area (Å²) in [7, 11) is 0. The highest BCUT2D eigenvalue weighted by molar-refractivity contribution is 7.11. The van der Waals surface area contributed by atoms with E-state index in [9.17, 15) is 0 Å². The monoisotopic (exact) mass is 250 g/mol. The number of nitrogens with zero attached hydrogens (tertiary/aromatic N) is 1. The molecule has 2 aromatic rings. The van der Waals surface area contributed by atoms with Crippen molar-refractivity contribution in [2.24, 2.45) is 0 Å². The SMILES string of the molecule is Cc1nc(C(C)NC(C)c2ccco2)c(C)s1. The third kappa shape index (κ3) is 2.76. The summed E-state index contributed by atoms with van der Waals surface area (Å²) in [5.74, 6) is 0.960. The maximum absolute atomic E-state index is 5.39. The third-order valence-electron chi connectivity index (χ3n) is 2.82. The summed E-state index contributed by atoms with van der Waals surface area (Å²) in [6, 6.07) is 4.33. The fraction of sp³-hybridized carbons (Fsp3) is 0.462.